The number of carbonyl (C=O) groups is 1. The lowest BCUT2D eigenvalue weighted by molar-refractivity contribution is -0.880. The van der Waals surface area contributed by atoms with E-state index in [0.717, 1.165) is 6.07 Å². The van der Waals surface area contributed by atoms with Crippen molar-refractivity contribution in [2.24, 2.45) is 4.99 Å². The third-order valence-corrected chi connectivity index (χ3v) is 8.88. The maximum absolute atomic E-state index is 15.8. The number of methoxy groups -OCH3 is 2. The topological polar surface area (TPSA) is 164 Å². The van der Waals surface area contributed by atoms with E-state index < -0.39 is 27.7 Å². The Hall–Kier alpha value is -6.68. The van der Waals surface area contributed by atoms with Crippen LogP contribution in [0.5, 0.6) is 11.5 Å². The summed E-state index contributed by atoms with van der Waals surface area (Å²) in [6.07, 6.45) is 9.86. The summed E-state index contributed by atoms with van der Waals surface area (Å²) in [5, 5.41) is 14.7. The molecule has 0 saturated heterocycles. The van der Waals surface area contributed by atoms with Crippen molar-refractivity contribution < 1.29 is 32.5 Å². The average molecular weight is 752 g/mol. The molecule has 0 radical (unpaired) electrons. The van der Waals surface area contributed by atoms with Crippen LogP contribution >= 0.6 is 0 Å². The zero-order chi connectivity index (χ0) is 39.3. The van der Waals surface area contributed by atoms with Gasteiger partial charge < -0.3 is 29.4 Å². The van der Waals surface area contributed by atoms with Crippen LogP contribution in [0, 0.1) is 21.7 Å². The number of hydrogen-bond acceptors (Lipinski definition) is 11. The van der Waals surface area contributed by atoms with Gasteiger partial charge in [-0.3, -0.25) is 19.1 Å². The molecule has 0 atom stereocenters. The second kappa shape index (κ2) is 16.1. The van der Waals surface area contributed by atoms with E-state index >= 15 is 8.78 Å². The molecule has 4 heterocycles. The number of hydrogen-bond donors (Lipinski definition) is 1. The largest absolute Gasteiger partial charge is 0.494 e. The number of ketones is 1. The van der Waals surface area contributed by atoms with Crippen LogP contribution in [0.1, 0.15) is 17.5 Å². The van der Waals surface area contributed by atoms with Gasteiger partial charge in [-0.15, -0.1) is 0 Å². The molecule has 14 nitrogen and oxygen atoms in total. The van der Waals surface area contributed by atoms with Gasteiger partial charge in [0.05, 0.1) is 58.1 Å². The Balaban J connectivity index is 1.31. The summed E-state index contributed by atoms with van der Waals surface area (Å²) in [6, 6.07) is 12.9. The summed E-state index contributed by atoms with van der Waals surface area (Å²) in [5.74, 6) is -2.92. The SMILES string of the molecule is COc1cc(OC)c(F)c(-c2cc3cnc(Nc4ccncc4)nc3n(Cc3cccc(CC(=O)/C=C/C[N+](C)(C)CC4=C([N+](=O)[O-])N=CC4)c3)c2=O)c1F. The molecule has 0 unspecified atom stereocenters. The van der Waals surface area contributed by atoms with E-state index in [1.165, 1.54) is 43.3 Å². The number of quaternary nitrogens is 1. The fourth-order valence-corrected chi connectivity index (χ4v) is 6.30. The fraction of sp³-hybridized carbons (Fsp3) is 0.231. The highest BCUT2D eigenvalue weighted by Crippen LogP contribution is 2.37. The van der Waals surface area contributed by atoms with Crippen molar-refractivity contribution in [1.82, 2.24) is 19.5 Å². The van der Waals surface area contributed by atoms with Crippen LogP contribution in [-0.4, -0.2) is 82.3 Å². The van der Waals surface area contributed by atoms with Crippen LogP contribution in [-0.2, 0) is 17.8 Å². The van der Waals surface area contributed by atoms with Crippen molar-refractivity contribution in [1.29, 1.82) is 0 Å². The number of nitrogens with zero attached hydrogens (tertiary/aromatic N) is 7. The first kappa shape index (κ1) is 38.1. The van der Waals surface area contributed by atoms with E-state index in [0.29, 0.717) is 51.8 Å². The number of nitrogens with one attached hydrogen (secondary N) is 1. The van der Waals surface area contributed by atoms with Crippen molar-refractivity contribution in [3.8, 4) is 22.6 Å². The Bertz CT molecular complexity index is 2420. The number of likely N-dealkylation sites (N-methyl/N-ethyl adjacent to an activating group) is 1. The fourth-order valence-electron chi connectivity index (χ4n) is 6.30. The molecule has 3 aromatic heterocycles. The van der Waals surface area contributed by atoms with Gasteiger partial charge in [-0.05, 0) is 46.4 Å². The molecule has 0 saturated carbocycles. The summed E-state index contributed by atoms with van der Waals surface area (Å²) in [6.45, 7) is 0.782. The first-order valence-electron chi connectivity index (χ1n) is 17.0. The lowest BCUT2D eigenvalue weighted by Crippen LogP contribution is -2.41. The van der Waals surface area contributed by atoms with Crippen LogP contribution < -0.4 is 20.3 Å². The number of nitro groups is 1. The van der Waals surface area contributed by atoms with E-state index in [1.54, 1.807) is 54.9 Å². The van der Waals surface area contributed by atoms with Gasteiger partial charge >= 0.3 is 5.82 Å². The normalized spacial score (nSPS) is 12.8. The molecule has 0 amide bonds. The Morgan fingerprint density at radius 3 is 2.45 bits per heavy atom. The molecule has 5 aromatic rings. The number of carbonyl (C=O) groups excluding carboxylic acids is 1. The minimum atomic E-state index is -1.08. The van der Waals surface area contributed by atoms with Gasteiger partial charge in [-0.1, -0.05) is 29.3 Å². The molecule has 0 aliphatic carbocycles. The van der Waals surface area contributed by atoms with Crippen LogP contribution in [0.2, 0.25) is 0 Å². The summed E-state index contributed by atoms with van der Waals surface area (Å²) >= 11 is 0. The molecular weight excluding hydrogens is 714 g/mol. The van der Waals surface area contributed by atoms with Crippen LogP contribution in [0.25, 0.3) is 22.2 Å². The maximum Gasteiger partial charge on any atom is 0.368 e. The number of aromatic nitrogens is 4. The highest BCUT2D eigenvalue weighted by molar-refractivity contribution is 5.91. The summed E-state index contributed by atoms with van der Waals surface area (Å²) < 4.78 is 43.4. The predicted octanol–water partition coefficient (Wildman–Crippen LogP) is 5.65. The summed E-state index contributed by atoms with van der Waals surface area (Å²) in [7, 11) is 6.27. The molecule has 282 valence electrons. The average Bonchev–Trinajstić information content (AvgIpc) is 3.62. The minimum absolute atomic E-state index is 0.0557. The molecule has 2 aromatic carbocycles. The van der Waals surface area contributed by atoms with Gasteiger partial charge in [0.2, 0.25) is 5.95 Å². The van der Waals surface area contributed by atoms with Crippen LogP contribution in [0.4, 0.5) is 20.4 Å². The van der Waals surface area contributed by atoms with Gasteiger partial charge in [0, 0.05) is 48.6 Å². The van der Waals surface area contributed by atoms with Gasteiger partial charge in [0.1, 0.15) is 18.4 Å². The van der Waals surface area contributed by atoms with E-state index in [4.69, 9.17) is 9.47 Å². The zero-order valence-electron chi connectivity index (χ0n) is 30.5. The Labute approximate surface area is 313 Å². The Morgan fingerprint density at radius 2 is 1.76 bits per heavy atom. The van der Waals surface area contributed by atoms with Crippen molar-refractivity contribution in [3.63, 3.8) is 0 Å². The van der Waals surface area contributed by atoms with E-state index in [1.807, 2.05) is 14.1 Å². The lowest BCUT2D eigenvalue weighted by atomic mass is 10.0. The monoisotopic (exact) mass is 751 g/mol. The Morgan fingerprint density at radius 1 is 1.05 bits per heavy atom. The maximum atomic E-state index is 15.8. The minimum Gasteiger partial charge on any atom is -0.494 e. The first-order chi connectivity index (χ1) is 26.4. The van der Waals surface area contributed by atoms with Crippen molar-refractivity contribution >= 4 is 34.7 Å². The second-order valence-corrected chi connectivity index (χ2v) is 13.4. The first-order valence-corrected chi connectivity index (χ1v) is 17.0. The number of ether oxygens (including phenoxy) is 2. The van der Waals surface area contributed by atoms with Crippen molar-refractivity contribution in [2.75, 3.05) is 46.7 Å². The number of halogens is 2. The molecule has 6 rings (SSSR count). The molecule has 0 bridgehead atoms. The zero-order valence-corrected chi connectivity index (χ0v) is 30.5. The number of rotatable bonds is 15. The second-order valence-electron chi connectivity index (χ2n) is 13.4. The number of aliphatic imine (C=N–C) groups is 1. The quantitative estimate of drug-likeness (QED) is 0.0612. The van der Waals surface area contributed by atoms with Gasteiger partial charge in [-0.2, -0.15) is 4.98 Å². The molecule has 1 aliphatic rings. The van der Waals surface area contributed by atoms with Gasteiger partial charge in [0.15, 0.2) is 28.9 Å². The Kier molecular flexibility index (Phi) is 11.2. The van der Waals surface area contributed by atoms with Crippen molar-refractivity contribution in [2.45, 2.75) is 19.4 Å². The molecule has 1 aliphatic heterocycles. The molecule has 55 heavy (non-hydrogen) atoms. The lowest BCUT2D eigenvalue weighted by Gasteiger charge is -2.28. The number of allylic oxidation sites excluding steroid dienone is 1. The van der Waals surface area contributed by atoms with Gasteiger partial charge in [0.25, 0.3) is 5.56 Å². The number of benzene rings is 2. The van der Waals surface area contributed by atoms with E-state index in [2.05, 4.69) is 25.3 Å². The van der Waals surface area contributed by atoms with E-state index in [9.17, 15) is 19.7 Å². The van der Waals surface area contributed by atoms with Crippen LogP contribution in [0.15, 0.2) is 100 Å². The molecule has 1 N–H and O–H groups in total. The summed E-state index contributed by atoms with van der Waals surface area (Å²) in [5.41, 5.74) is 1.07. The predicted molar refractivity (Wildman–Crippen MR) is 202 cm³/mol. The smallest absolute Gasteiger partial charge is 0.368 e. The molecular formula is C39H37F2N8O6+. The standard InChI is InChI=1S/C39H36F2N8O6/c1-49(2,23-26-10-15-43-36(26)48(52)53)16-6-9-29(50)18-24-7-5-8-25(17-24)22-47-37-27(21-44-39(46-37)45-28-11-13-42-14-12-28)19-30(38(47)51)33-34(40)31(54-3)20-32(55-4)35(33)41/h5-9,11-15,17,19-21H,10,16,18,22-23H2,1-4H3/p+1/b9-6+. The molecule has 0 spiro atoms. The van der Waals surface area contributed by atoms with Gasteiger partial charge in [-0.25, -0.2) is 13.8 Å². The van der Waals surface area contributed by atoms with Crippen LogP contribution in [0.3, 0.4) is 0 Å². The van der Waals surface area contributed by atoms with Crippen molar-refractivity contribution in [3.05, 3.63) is 134 Å². The summed E-state index contributed by atoms with van der Waals surface area (Å²) in [4.78, 5) is 55.1. The third-order valence-electron chi connectivity index (χ3n) is 8.88. The highest BCUT2D eigenvalue weighted by Gasteiger charge is 2.29. The number of anilines is 2. The van der Waals surface area contributed by atoms with E-state index in [-0.39, 0.29) is 53.2 Å². The molecule has 16 heteroatoms. The highest BCUT2D eigenvalue weighted by atomic mass is 19.1. The number of fused-ring (bicyclic) bond motifs is 1. The number of pyridine rings is 2. The molecule has 0 fully saturated rings. The third kappa shape index (κ3) is 8.60.